The van der Waals surface area contributed by atoms with Crippen LogP contribution in [0.5, 0.6) is 0 Å². The second-order valence-electron chi connectivity index (χ2n) is 5.49. The average molecular weight is 290 g/mol. The van der Waals surface area contributed by atoms with Gasteiger partial charge in [-0.05, 0) is 52.1 Å². The van der Waals surface area contributed by atoms with Crippen LogP contribution in [-0.4, -0.2) is 28.3 Å². The number of thioether (sulfide) groups is 1. The van der Waals surface area contributed by atoms with Gasteiger partial charge in [0.05, 0.1) is 6.07 Å². The number of hydrogen-bond acceptors (Lipinski definition) is 5. The van der Waals surface area contributed by atoms with Crippen molar-refractivity contribution in [2.45, 2.75) is 50.2 Å². The van der Waals surface area contributed by atoms with Crippen LogP contribution in [-0.2, 0) is 0 Å². The Hall–Kier alpha value is -1.12. The molecule has 1 aliphatic rings. The first-order valence-corrected chi connectivity index (χ1v) is 8.13. The van der Waals surface area contributed by atoms with E-state index in [0.717, 1.165) is 48.0 Å². The lowest BCUT2D eigenvalue weighted by molar-refractivity contribution is 0.332. The fourth-order valence-corrected chi connectivity index (χ4v) is 4.05. The monoisotopic (exact) mass is 290 g/mol. The molecule has 1 saturated carbocycles. The lowest BCUT2D eigenvalue weighted by atomic mass is 9.87. The number of rotatable bonds is 5. The van der Waals surface area contributed by atoms with Crippen molar-refractivity contribution in [1.29, 1.82) is 5.26 Å². The summed E-state index contributed by atoms with van der Waals surface area (Å²) in [5.74, 6) is 1.41. The maximum atomic E-state index is 9.43. The van der Waals surface area contributed by atoms with Gasteiger partial charge in [0.15, 0.2) is 5.16 Å². The molecule has 1 aromatic heterocycles. The van der Waals surface area contributed by atoms with Crippen LogP contribution in [0.3, 0.4) is 0 Å². The summed E-state index contributed by atoms with van der Waals surface area (Å²) < 4.78 is 0. The Morgan fingerprint density at radius 1 is 1.45 bits per heavy atom. The van der Waals surface area contributed by atoms with Gasteiger partial charge in [0.2, 0.25) is 0 Å². The van der Waals surface area contributed by atoms with Gasteiger partial charge in [0.1, 0.15) is 5.54 Å². The summed E-state index contributed by atoms with van der Waals surface area (Å²) in [6.45, 7) is 3.99. The molecular formula is C15H22N4S. The van der Waals surface area contributed by atoms with E-state index in [9.17, 15) is 5.26 Å². The summed E-state index contributed by atoms with van der Waals surface area (Å²) in [7, 11) is 1.90. The number of hydrogen-bond donors (Lipinski definition) is 1. The third-order valence-electron chi connectivity index (χ3n) is 4.13. The van der Waals surface area contributed by atoms with Crippen molar-refractivity contribution in [2.24, 2.45) is 5.92 Å². The molecule has 108 valence electrons. The Morgan fingerprint density at radius 2 is 2.15 bits per heavy atom. The molecule has 1 fully saturated rings. The molecule has 2 atom stereocenters. The van der Waals surface area contributed by atoms with Crippen molar-refractivity contribution in [1.82, 2.24) is 15.3 Å². The number of aromatic nitrogens is 2. The van der Waals surface area contributed by atoms with Gasteiger partial charge in [0.25, 0.3) is 0 Å². The zero-order valence-electron chi connectivity index (χ0n) is 12.4. The van der Waals surface area contributed by atoms with Crippen LogP contribution in [0, 0.1) is 31.1 Å². The predicted octanol–water partition coefficient (Wildman–Crippen LogP) is 2.86. The van der Waals surface area contributed by atoms with E-state index < -0.39 is 0 Å². The number of nitrogens with one attached hydrogen (secondary N) is 1. The maximum absolute atomic E-state index is 9.43. The van der Waals surface area contributed by atoms with Gasteiger partial charge in [-0.15, -0.1) is 0 Å². The molecular weight excluding hydrogens is 268 g/mol. The van der Waals surface area contributed by atoms with Crippen LogP contribution >= 0.6 is 11.8 Å². The van der Waals surface area contributed by atoms with E-state index in [2.05, 4.69) is 21.4 Å². The lowest BCUT2D eigenvalue weighted by Gasteiger charge is -2.27. The van der Waals surface area contributed by atoms with E-state index >= 15 is 0 Å². The molecule has 0 spiro atoms. The summed E-state index contributed by atoms with van der Waals surface area (Å²) in [6, 6.07) is 4.48. The highest BCUT2D eigenvalue weighted by Crippen LogP contribution is 2.38. The molecule has 0 amide bonds. The number of aryl methyl sites for hydroxylation is 2. The second kappa shape index (κ2) is 6.55. The van der Waals surface area contributed by atoms with Gasteiger partial charge in [-0.1, -0.05) is 18.2 Å². The molecule has 1 heterocycles. The zero-order valence-corrected chi connectivity index (χ0v) is 13.3. The average Bonchev–Trinajstić information content (AvgIpc) is 2.81. The molecule has 20 heavy (non-hydrogen) atoms. The minimum Gasteiger partial charge on any atom is -0.302 e. The first kappa shape index (κ1) is 15.3. The summed E-state index contributed by atoms with van der Waals surface area (Å²) in [5.41, 5.74) is 1.72. The summed E-state index contributed by atoms with van der Waals surface area (Å²) in [4.78, 5) is 8.89. The van der Waals surface area contributed by atoms with E-state index in [-0.39, 0.29) is 5.54 Å². The fourth-order valence-electron chi connectivity index (χ4n) is 3.05. The predicted molar refractivity (Wildman–Crippen MR) is 81.6 cm³/mol. The normalized spacial score (nSPS) is 25.6. The molecule has 0 saturated heterocycles. The first-order chi connectivity index (χ1) is 9.59. The Kier molecular flexibility index (Phi) is 5.00. The minimum absolute atomic E-state index is 0.316. The molecule has 2 unspecified atom stereocenters. The SMILES string of the molecule is CNC1(C#N)CCCC1CCSc1nc(C)cc(C)n1. The van der Waals surface area contributed by atoms with Crippen LogP contribution in [0.25, 0.3) is 0 Å². The van der Waals surface area contributed by atoms with Gasteiger partial charge >= 0.3 is 0 Å². The Balaban J connectivity index is 1.91. The fraction of sp³-hybridized carbons (Fsp3) is 0.667. The molecule has 5 heteroatoms. The molecule has 0 bridgehead atoms. The van der Waals surface area contributed by atoms with Crippen molar-refractivity contribution in [3.05, 3.63) is 17.5 Å². The van der Waals surface area contributed by atoms with E-state index in [0.29, 0.717) is 5.92 Å². The number of nitriles is 1. The molecule has 1 aromatic rings. The van der Waals surface area contributed by atoms with Crippen LogP contribution in [0.1, 0.15) is 37.1 Å². The van der Waals surface area contributed by atoms with Crippen molar-refractivity contribution in [3.8, 4) is 6.07 Å². The van der Waals surface area contributed by atoms with Crippen LogP contribution < -0.4 is 5.32 Å². The molecule has 4 nitrogen and oxygen atoms in total. The van der Waals surface area contributed by atoms with Gasteiger partial charge in [-0.2, -0.15) is 5.26 Å². The summed E-state index contributed by atoms with van der Waals surface area (Å²) in [6.07, 6.45) is 4.29. The quantitative estimate of drug-likeness (QED) is 0.667. The van der Waals surface area contributed by atoms with Crippen LogP contribution in [0.4, 0.5) is 0 Å². The summed E-state index contributed by atoms with van der Waals surface area (Å²) >= 11 is 1.70. The molecule has 1 N–H and O–H groups in total. The van der Waals surface area contributed by atoms with Crippen molar-refractivity contribution >= 4 is 11.8 Å². The minimum atomic E-state index is -0.316. The molecule has 1 aliphatic carbocycles. The standard InChI is InChI=1S/C15H22N4S/c1-11-9-12(2)19-14(18-11)20-8-6-13-5-4-7-15(13,10-16)17-3/h9,13,17H,4-8H2,1-3H3. The van der Waals surface area contributed by atoms with Crippen molar-refractivity contribution < 1.29 is 0 Å². The van der Waals surface area contributed by atoms with E-state index in [1.807, 2.05) is 27.0 Å². The summed E-state index contributed by atoms with van der Waals surface area (Å²) in [5, 5.41) is 13.5. The van der Waals surface area contributed by atoms with Crippen molar-refractivity contribution in [2.75, 3.05) is 12.8 Å². The van der Waals surface area contributed by atoms with E-state index in [1.54, 1.807) is 11.8 Å². The van der Waals surface area contributed by atoms with E-state index in [1.165, 1.54) is 0 Å². The van der Waals surface area contributed by atoms with Crippen LogP contribution in [0.2, 0.25) is 0 Å². The third-order valence-corrected chi connectivity index (χ3v) is 5.01. The van der Waals surface area contributed by atoms with Gasteiger partial charge in [-0.3, -0.25) is 0 Å². The second-order valence-corrected chi connectivity index (χ2v) is 6.55. The molecule has 2 rings (SSSR count). The molecule has 0 aromatic carbocycles. The topological polar surface area (TPSA) is 61.6 Å². The molecule has 0 radical (unpaired) electrons. The first-order valence-electron chi connectivity index (χ1n) is 7.15. The van der Waals surface area contributed by atoms with Gasteiger partial charge in [-0.25, -0.2) is 9.97 Å². The highest BCUT2D eigenvalue weighted by atomic mass is 32.2. The molecule has 0 aliphatic heterocycles. The van der Waals surface area contributed by atoms with Gasteiger partial charge in [0, 0.05) is 17.1 Å². The Labute approximate surface area is 125 Å². The zero-order chi connectivity index (χ0) is 14.6. The smallest absolute Gasteiger partial charge is 0.187 e. The van der Waals surface area contributed by atoms with Gasteiger partial charge < -0.3 is 5.32 Å². The number of nitrogens with zero attached hydrogens (tertiary/aromatic N) is 3. The highest BCUT2D eigenvalue weighted by Gasteiger charge is 2.41. The Bertz CT molecular complexity index is 491. The highest BCUT2D eigenvalue weighted by molar-refractivity contribution is 7.99. The van der Waals surface area contributed by atoms with E-state index in [4.69, 9.17) is 0 Å². The maximum Gasteiger partial charge on any atom is 0.187 e. The largest absolute Gasteiger partial charge is 0.302 e. The van der Waals surface area contributed by atoms with Crippen molar-refractivity contribution in [3.63, 3.8) is 0 Å². The Morgan fingerprint density at radius 3 is 2.75 bits per heavy atom. The van der Waals surface area contributed by atoms with Crippen LogP contribution in [0.15, 0.2) is 11.2 Å². The third kappa shape index (κ3) is 3.31. The lowest BCUT2D eigenvalue weighted by Crippen LogP contribution is -2.44.